The van der Waals surface area contributed by atoms with E-state index in [1.54, 1.807) is 0 Å². The highest BCUT2D eigenvalue weighted by Crippen LogP contribution is 2.40. The molecule has 0 spiro atoms. The third kappa shape index (κ3) is 2.82. The molecule has 4 aromatic rings. The van der Waals surface area contributed by atoms with E-state index in [9.17, 15) is 4.79 Å². The molecule has 1 aliphatic rings. The predicted molar refractivity (Wildman–Crippen MR) is 118 cm³/mol. The zero-order valence-corrected chi connectivity index (χ0v) is 17.3. The van der Waals surface area contributed by atoms with Gasteiger partial charge in [-0.05, 0) is 30.7 Å². The van der Waals surface area contributed by atoms with Crippen molar-refractivity contribution >= 4 is 23.9 Å². The number of hydrogen-bond acceptors (Lipinski definition) is 2. The molecule has 2 aromatic carbocycles. The Kier molecular flexibility index (Phi) is 4.16. The summed E-state index contributed by atoms with van der Waals surface area (Å²) in [5.41, 5.74) is 4.54. The van der Waals surface area contributed by atoms with Crippen LogP contribution in [0.3, 0.4) is 0 Å². The minimum absolute atomic E-state index is 0.106. The van der Waals surface area contributed by atoms with Crippen LogP contribution in [0.25, 0.3) is 10.9 Å². The first-order chi connectivity index (χ1) is 14.0. The number of hydrogen-bond donors (Lipinski definition) is 0. The second kappa shape index (κ2) is 6.73. The molecule has 0 unspecified atom stereocenters. The average molecular weight is 384 g/mol. The van der Waals surface area contributed by atoms with Gasteiger partial charge in [-0.3, -0.25) is 18.5 Å². The molecule has 3 heterocycles. The molecule has 29 heavy (non-hydrogen) atoms. The van der Waals surface area contributed by atoms with Gasteiger partial charge in [0.1, 0.15) is 18.2 Å². The molecule has 0 saturated carbocycles. The molecular formula is C23H25BN4O. The molecule has 0 fully saturated rings. The van der Waals surface area contributed by atoms with Crippen molar-refractivity contribution < 1.29 is 4.57 Å². The monoisotopic (exact) mass is 384 g/mol. The van der Waals surface area contributed by atoms with Crippen LogP contribution in [-0.4, -0.2) is 21.4 Å². The summed E-state index contributed by atoms with van der Waals surface area (Å²) in [5.74, 6) is 1.48. The summed E-state index contributed by atoms with van der Waals surface area (Å²) in [7, 11) is 3.72. The molecule has 0 N–H and O–H groups in total. The van der Waals surface area contributed by atoms with Gasteiger partial charge in [0.15, 0.2) is 0 Å². The van der Waals surface area contributed by atoms with Gasteiger partial charge in [0, 0.05) is 5.92 Å². The number of rotatable bonds is 3. The zero-order chi connectivity index (χ0) is 20.1. The van der Waals surface area contributed by atoms with Gasteiger partial charge in [-0.1, -0.05) is 42.5 Å². The van der Waals surface area contributed by atoms with Crippen LogP contribution >= 0.6 is 0 Å². The smallest absolute Gasteiger partial charge is 0.261 e. The Morgan fingerprint density at radius 1 is 1.14 bits per heavy atom. The summed E-state index contributed by atoms with van der Waals surface area (Å²) in [6.45, 7) is 2.74. The highest BCUT2D eigenvalue weighted by atomic mass is 16.1. The molecule has 5 nitrogen and oxygen atoms in total. The molecule has 0 aliphatic carbocycles. The quantitative estimate of drug-likeness (QED) is 0.395. The number of fused-ring (bicyclic) bond motifs is 2. The average Bonchev–Trinajstić information content (AvgIpc) is 3.24. The van der Waals surface area contributed by atoms with Gasteiger partial charge in [-0.2, -0.15) is 0 Å². The van der Waals surface area contributed by atoms with Crippen molar-refractivity contribution in [3.63, 3.8) is 0 Å². The lowest BCUT2D eigenvalue weighted by Gasteiger charge is -2.22. The van der Waals surface area contributed by atoms with Crippen LogP contribution in [0.2, 0.25) is 5.82 Å². The van der Waals surface area contributed by atoms with E-state index in [1.807, 2.05) is 35.8 Å². The van der Waals surface area contributed by atoms with Crippen molar-refractivity contribution in [3.8, 4) is 0 Å². The summed E-state index contributed by atoms with van der Waals surface area (Å²) >= 11 is 0. The zero-order valence-electron chi connectivity index (χ0n) is 17.3. The highest BCUT2D eigenvalue weighted by Gasteiger charge is 2.34. The summed E-state index contributed by atoms with van der Waals surface area (Å²) in [6.07, 6.45) is 4.22. The summed E-state index contributed by atoms with van der Waals surface area (Å²) < 4.78 is 6.40. The van der Waals surface area contributed by atoms with Crippen molar-refractivity contribution in [1.29, 1.82) is 0 Å². The Morgan fingerprint density at radius 2 is 1.93 bits per heavy atom. The molecule has 1 aliphatic heterocycles. The maximum atomic E-state index is 13.4. The molecule has 5 rings (SSSR count). The molecule has 2 atom stereocenters. The Balaban J connectivity index is 1.70. The van der Waals surface area contributed by atoms with Crippen molar-refractivity contribution in [1.82, 2.24) is 14.1 Å². The first kappa shape index (κ1) is 17.9. The molecular weight excluding hydrogens is 359 g/mol. The maximum Gasteiger partial charge on any atom is 0.261 e. The molecule has 0 saturated heterocycles. The summed E-state index contributed by atoms with van der Waals surface area (Å²) in [5, 5.41) is 0.758. The lowest BCUT2D eigenvalue weighted by Crippen LogP contribution is -2.51. The van der Waals surface area contributed by atoms with Gasteiger partial charge in [0.25, 0.3) is 5.56 Å². The van der Waals surface area contributed by atoms with E-state index in [-0.39, 0.29) is 11.5 Å². The van der Waals surface area contributed by atoms with E-state index < -0.39 is 7.28 Å². The SMILES string of the molecule is Cc1cccc2nc3n(c(=O)c12)C[C@H]([BH2-]c1n(C)cc[n+]1C)[C@H]3c1ccccc1. The summed E-state index contributed by atoms with van der Waals surface area (Å²) in [4.78, 5) is 18.5. The molecule has 2 aromatic heterocycles. The van der Waals surface area contributed by atoms with Crippen molar-refractivity contribution in [3.05, 3.63) is 88.2 Å². The van der Waals surface area contributed by atoms with Crippen LogP contribution in [-0.2, 0) is 20.6 Å². The van der Waals surface area contributed by atoms with Crippen LogP contribution in [0.15, 0.2) is 65.7 Å². The second-order valence-electron chi connectivity index (χ2n) is 8.58. The van der Waals surface area contributed by atoms with E-state index in [4.69, 9.17) is 4.98 Å². The van der Waals surface area contributed by atoms with E-state index in [1.165, 1.54) is 11.3 Å². The fraction of sp³-hybridized carbons (Fsp3) is 0.261. The van der Waals surface area contributed by atoms with Gasteiger partial charge < -0.3 is 0 Å². The number of aryl methyl sites for hydroxylation is 3. The van der Waals surface area contributed by atoms with E-state index in [0.717, 1.165) is 28.8 Å². The Morgan fingerprint density at radius 3 is 2.66 bits per heavy atom. The van der Waals surface area contributed by atoms with E-state index in [2.05, 4.69) is 59.9 Å². The lowest BCUT2D eigenvalue weighted by atomic mass is 9.58. The highest BCUT2D eigenvalue weighted by molar-refractivity contribution is 6.52. The van der Waals surface area contributed by atoms with Gasteiger partial charge in [0.05, 0.1) is 38.0 Å². The third-order valence-corrected chi connectivity index (χ3v) is 6.86. The molecule has 6 heteroatoms. The lowest BCUT2D eigenvalue weighted by molar-refractivity contribution is -0.653. The van der Waals surface area contributed by atoms with Crippen LogP contribution in [0, 0.1) is 6.92 Å². The van der Waals surface area contributed by atoms with Gasteiger partial charge in [-0.15, -0.1) is 5.82 Å². The Bertz CT molecular complexity index is 1260. The molecule has 0 bridgehead atoms. The van der Waals surface area contributed by atoms with Crippen LogP contribution < -0.4 is 15.9 Å². The number of aromatic nitrogens is 4. The molecule has 0 amide bonds. The first-order valence-electron chi connectivity index (χ1n) is 10.4. The van der Waals surface area contributed by atoms with Crippen molar-refractivity contribution in [2.24, 2.45) is 14.1 Å². The van der Waals surface area contributed by atoms with Gasteiger partial charge in [0.2, 0.25) is 0 Å². The first-order valence-corrected chi connectivity index (χ1v) is 10.4. The number of nitrogens with zero attached hydrogens (tertiary/aromatic N) is 4. The number of benzene rings is 2. The van der Waals surface area contributed by atoms with Crippen LogP contribution in [0.4, 0.5) is 0 Å². The fourth-order valence-electron chi connectivity index (χ4n) is 5.31. The second-order valence-corrected chi connectivity index (χ2v) is 8.58. The largest absolute Gasteiger partial charge is 0.299 e. The summed E-state index contributed by atoms with van der Waals surface area (Å²) in [6, 6.07) is 16.5. The van der Waals surface area contributed by atoms with E-state index in [0.29, 0.717) is 5.82 Å². The van der Waals surface area contributed by atoms with Crippen molar-refractivity contribution in [2.75, 3.05) is 0 Å². The van der Waals surface area contributed by atoms with Gasteiger partial charge in [-0.25, -0.2) is 4.98 Å². The minimum Gasteiger partial charge on any atom is -0.299 e. The molecule has 146 valence electrons. The topological polar surface area (TPSA) is 43.7 Å². The van der Waals surface area contributed by atoms with Crippen molar-refractivity contribution in [2.45, 2.75) is 25.2 Å². The van der Waals surface area contributed by atoms with Gasteiger partial charge >= 0.3 is 0 Å². The van der Waals surface area contributed by atoms with Crippen LogP contribution in [0.1, 0.15) is 22.9 Å². The Labute approximate surface area is 170 Å². The maximum absolute atomic E-state index is 13.4. The third-order valence-electron chi connectivity index (χ3n) is 6.86. The van der Waals surface area contributed by atoms with Crippen LogP contribution in [0.5, 0.6) is 0 Å². The standard InChI is InChI=1S/C23H25BN4O/c1-15-8-7-11-18-19(15)22(29)28-14-17(24-23-26(2)12-13-27(23)3)20(21(28)25-18)16-9-5-4-6-10-16/h4-13,17,20H,14,24H2,1-3H3/t17-,20+/m0/s1. The normalized spacial score (nSPS) is 18.3. The fourth-order valence-corrected chi connectivity index (χ4v) is 5.31. The minimum atomic E-state index is -0.508. The number of imidazole rings is 1. The predicted octanol–water partition coefficient (Wildman–Crippen LogP) is 1.30. The Hall–Kier alpha value is -3.15. The van der Waals surface area contributed by atoms with E-state index >= 15 is 0 Å². The molecule has 0 radical (unpaired) electrons.